The maximum absolute atomic E-state index is 14.8. The first kappa shape index (κ1) is 19.5. The predicted octanol–water partition coefficient (Wildman–Crippen LogP) is 0.755. The number of rotatable bonds is 5. The molecule has 9 nitrogen and oxygen atoms in total. The summed E-state index contributed by atoms with van der Waals surface area (Å²) in [7, 11) is -3.09. The third-order valence-corrected chi connectivity index (χ3v) is 6.47. The van der Waals surface area contributed by atoms with E-state index in [9.17, 15) is 22.7 Å². The molecule has 29 heavy (non-hydrogen) atoms. The zero-order chi connectivity index (χ0) is 20.6. The number of aromatic hydroxyl groups is 1. The van der Waals surface area contributed by atoms with E-state index >= 15 is 0 Å². The van der Waals surface area contributed by atoms with Gasteiger partial charge in [-0.3, -0.25) is 4.79 Å². The minimum Gasteiger partial charge on any atom is -0.491 e. The number of carbonyl (C=O) groups excluding carboxylic acids is 1. The van der Waals surface area contributed by atoms with E-state index < -0.39 is 28.0 Å². The number of ether oxygens (including phenoxy) is 1. The summed E-state index contributed by atoms with van der Waals surface area (Å²) in [6.45, 7) is 0.597. The number of aromatic nitrogens is 3. The Bertz CT molecular complexity index is 1070. The van der Waals surface area contributed by atoms with Gasteiger partial charge in [-0.05, 0) is 30.2 Å². The van der Waals surface area contributed by atoms with E-state index in [1.807, 2.05) is 0 Å². The number of sulfone groups is 1. The molecule has 1 saturated heterocycles. The van der Waals surface area contributed by atoms with Gasteiger partial charge < -0.3 is 14.7 Å². The van der Waals surface area contributed by atoms with Gasteiger partial charge in [-0.2, -0.15) is 0 Å². The lowest BCUT2D eigenvalue weighted by Crippen LogP contribution is -2.31. The summed E-state index contributed by atoms with van der Waals surface area (Å²) in [5, 5.41) is 16.5. The Hall–Kier alpha value is -2.79. The van der Waals surface area contributed by atoms with Crippen LogP contribution in [0.1, 0.15) is 12.0 Å². The molecule has 2 aromatic rings. The van der Waals surface area contributed by atoms with Crippen molar-refractivity contribution in [3.63, 3.8) is 0 Å². The Morgan fingerprint density at radius 3 is 2.83 bits per heavy atom. The summed E-state index contributed by atoms with van der Waals surface area (Å²) in [6.07, 6.45) is 2.53. The van der Waals surface area contributed by atoms with Crippen LogP contribution in [-0.2, 0) is 25.9 Å². The molecule has 0 spiro atoms. The molecule has 1 N–H and O–H groups in total. The highest BCUT2D eigenvalue weighted by Gasteiger charge is 2.34. The minimum atomic E-state index is -3.09. The first-order valence-corrected chi connectivity index (χ1v) is 10.8. The summed E-state index contributed by atoms with van der Waals surface area (Å²) >= 11 is 0. The van der Waals surface area contributed by atoms with Gasteiger partial charge in [0.1, 0.15) is 5.82 Å². The number of carbonyl (C=O) groups is 1. The standard InChI is InChI=1S/C18H19FN4O5S/c19-16-7-13(1-2-15(16)12-3-5-29(26,27)6-4-12)23-9-14(28-18(23)11-24)8-22-10-17(25)20-21-22/h1-3,7,10-11,14,18,25H,4-6,8-9H2/t14-,18?/m0/s1. The van der Waals surface area contributed by atoms with Crippen LogP contribution in [0.5, 0.6) is 5.88 Å². The number of hydrogen-bond donors (Lipinski definition) is 1. The molecule has 154 valence electrons. The van der Waals surface area contributed by atoms with E-state index in [0.717, 1.165) is 0 Å². The van der Waals surface area contributed by atoms with E-state index in [1.165, 1.54) is 16.9 Å². The molecule has 1 unspecified atom stereocenters. The van der Waals surface area contributed by atoms with Crippen LogP contribution < -0.4 is 4.90 Å². The molecule has 2 aliphatic heterocycles. The SMILES string of the molecule is O=CC1O[C@@H](Cn2cc(O)nn2)CN1c1ccc(C2=CCS(=O)(=O)CC2)c(F)c1. The average molecular weight is 422 g/mol. The normalized spacial score (nSPS) is 23.8. The third-order valence-electron chi connectivity index (χ3n) is 4.97. The molecule has 0 saturated carbocycles. The van der Waals surface area contributed by atoms with Crippen molar-refractivity contribution in [3.8, 4) is 5.88 Å². The average Bonchev–Trinajstić information content (AvgIpc) is 3.28. The lowest BCUT2D eigenvalue weighted by Gasteiger charge is -2.22. The fourth-order valence-corrected chi connectivity index (χ4v) is 4.70. The van der Waals surface area contributed by atoms with Gasteiger partial charge in [-0.25, -0.2) is 17.5 Å². The van der Waals surface area contributed by atoms with E-state index in [-0.39, 0.29) is 30.4 Å². The maximum atomic E-state index is 14.8. The lowest BCUT2D eigenvalue weighted by molar-refractivity contribution is -0.117. The molecule has 0 bridgehead atoms. The second-order valence-electron chi connectivity index (χ2n) is 6.99. The molecule has 0 radical (unpaired) electrons. The third kappa shape index (κ3) is 4.15. The van der Waals surface area contributed by atoms with Crippen LogP contribution >= 0.6 is 0 Å². The van der Waals surface area contributed by atoms with Gasteiger partial charge in [0.2, 0.25) is 0 Å². The zero-order valence-corrected chi connectivity index (χ0v) is 16.1. The van der Waals surface area contributed by atoms with Gasteiger partial charge in [-0.1, -0.05) is 16.4 Å². The van der Waals surface area contributed by atoms with Crippen molar-refractivity contribution < 1.29 is 27.4 Å². The Labute approximate surface area is 166 Å². The van der Waals surface area contributed by atoms with E-state index in [0.29, 0.717) is 29.7 Å². The number of hydrogen-bond acceptors (Lipinski definition) is 8. The molecule has 4 rings (SSSR count). The van der Waals surface area contributed by atoms with Gasteiger partial charge >= 0.3 is 0 Å². The second kappa shape index (κ2) is 7.56. The molecule has 11 heteroatoms. The van der Waals surface area contributed by atoms with Gasteiger partial charge in [0, 0.05) is 17.8 Å². The van der Waals surface area contributed by atoms with E-state index in [2.05, 4.69) is 10.3 Å². The summed E-state index contributed by atoms with van der Waals surface area (Å²) < 4.78 is 45.0. The van der Waals surface area contributed by atoms with Crippen molar-refractivity contribution in [1.82, 2.24) is 15.0 Å². The van der Waals surface area contributed by atoms with E-state index in [1.54, 1.807) is 23.1 Å². The van der Waals surface area contributed by atoms with Crippen LogP contribution in [0.2, 0.25) is 0 Å². The number of allylic oxidation sites excluding steroid dienone is 1. The Morgan fingerprint density at radius 1 is 1.38 bits per heavy atom. The maximum Gasteiger partial charge on any atom is 0.251 e. The van der Waals surface area contributed by atoms with Crippen LogP contribution in [-0.4, -0.2) is 65.2 Å². The first-order chi connectivity index (χ1) is 13.8. The second-order valence-corrected chi connectivity index (χ2v) is 9.22. The molecule has 0 aliphatic carbocycles. The fraction of sp³-hybridized carbons (Fsp3) is 0.389. The van der Waals surface area contributed by atoms with Crippen molar-refractivity contribution >= 4 is 27.4 Å². The van der Waals surface area contributed by atoms with Crippen molar-refractivity contribution in [1.29, 1.82) is 0 Å². The Kier molecular flexibility index (Phi) is 5.09. The lowest BCUT2D eigenvalue weighted by atomic mass is 10.0. The summed E-state index contributed by atoms with van der Waals surface area (Å²) in [4.78, 5) is 13.1. The zero-order valence-electron chi connectivity index (χ0n) is 15.3. The highest BCUT2D eigenvalue weighted by Crippen LogP contribution is 2.31. The topological polar surface area (TPSA) is 115 Å². The Morgan fingerprint density at radius 2 is 2.21 bits per heavy atom. The smallest absolute Gasteiger partial charge is 0.251 e. The predicted molar refractivity (Wildman–Crippen MR) is 101 cm³/mol. The number of anilines is 1. The van der Waals surface area contributed by atoms with Gasteiger partial charge in [-0.15, -0.1) is 0 Å². The number of aldehydes is 1. The quantitative estimate of drug-likeness (QED) is 0.703. The molecular formula is C18H19FN4O5S. The summed E-state index contributed by atoms with van der Waals surface area (Å²) in [6, 6.07) is 4.60. The number of nitrogens with zero attached hydrogens (tertiary/aromatic N) is 4. The summed E-state index contributed by atoms with van der Waals surface area (Å²) in [5.41, 5.74) is 1.51. The summed E-state index contributed by atoms with van der Waals surface area (Å²) in [5.74, 6) is -0.778. The van der Waals surface area contributed by atoms with Crippen LogP contribution in [0, 0.1) is 5.82 Å². The van der Waals surface area contributed by atoms with Crippen LogP contribution in [0.25, 0.3) is 5.57 Å². The minimum absolute atomic E-state index is 0.00667. The number of benzene rings is 1. The van der Waals surface area contributed by atoms with E-state index in [4.69, 9.17) is 4.74 Å². The molecule has 3 heterocycles. The van der Waals surface area contributed by atoms with Crippen LogP contribution in [0.3, 0.4) is 0 Å². The van der Waals surface area contributed by atoms with Gasteiger partial charge in [0.15, 0.2) is 22.4 Å². The molecule has 1 fully saturated rings. The van der Waals surface area contributed by atoms with Gasteiger partial charge in [0.05, 0.1) is 30.4 Å². The largest absolute Gasteiger partial charge is 0.491 e. The molecule has 0 amide bonds. The monoisotopic (exact) mass is 422 g/mol. The van der Waals surface area contributed by atoms with Crippen LogP contribution in [0.15, 0.2) is 30.5 Å². The van der Waals surface area contributed by atoms with Crippen molar-refractivity contribution in [2.45, 2.75) is 25.3 Å². The molecule has 2 aliphatic rings. The Balaban J connectivity index is 1.52. The fourth-order valence-electron chi connectivity index (χ4n) is 3.55. The molecule has 1 aromatic heterocycles. The van der Waals surface area contributed by atoms with Crippen LogP contribution in [0.4, 0.5) is 10.1 Å². The van der Waals surface area contributed by atoms with Gasteiger partial charge in [0.25, 0.3) is 5.88 Å². The van der Waals surface area contributed by atoms with Crippen molar-refractivity contribution in [2.75, 3.05) is 23.0 Å². The highest BCUT2D eigenvalue weighted by molar-refractivity contribution is 7.91. The molecule has 2 atom stereocenters. The molecule has 1 aromatic carbocycles. The first-order valence-electron chi connectivity index (χ1n) is 9.00. The highest BCUT2D eigenvalue weighted by atomic mass is 32.2. The number of halogens is 1. The van der Waals surface area contributed by atoms with Crippen molar-refractivity contribution in [2.24, 2.45) is 0 Å². The van der Waals surface area contributed by atoms with Crippen molar-refractivity contribution in [3.05, 3.63) is 41.9 Å². The molecular weight excluding hydrogens is 403 g/mol.